The minimum atomic E-state index is -4.25. The molecule has 21 heavy (non-hydrogen) atoms. The number of hydrogen-bond donors (Lipinski definition) is 2. The first-order valence-electron chi connectivity index (χ1n) is 6.62. The van der Waals surface area contributed by atoms with Crippen molar-refractivity contribution in [1.82, 2.24) is 4.72 Å². The molecule has 1 aromatic rings. The van der Waals surface area contributed by atoms with Crippen LogP contribution in [0.15, 0.2) is 23.1 Å². The summed E-state index contributed by atoms with van der Waals surface area (Å²) in [7, 11) is -4.25. The van der Waals surface area contributed by atoms with Crippen LogP contribution >= 0.6 is 12.4 Å². The van der Waals surface area contributed by atoms with Crippen molar-refractivity contribution in [1.29, 1.82) is 0 Å². The van der Waals surface area contributed by atoms with Crippen LogP contribution in [0.25, 0.3) is 0 Å². The molecule has 1 aliphatic rings. The molecule has 8 heteroatoms. The van der Waals surface area contributed by atoms with Gasteiger partial charge in [0.2, 0.25) is 10.0 Å². The predicted molar refractivity (Wildman–Crippen MR) is 78.7 cm³/mol. The Kier molecular flexibility index (Phi) is 6.52. The van der Waals surface area contributed by atoms with Crippen molar-refractivity contribution < 1.29 is 17.2 Å². The van der Waals surface area contributed by atoms with Crippen molar-refractivity contribution in [2.24, 2.45) is 11.7 Å². The van der Waals surface area contributed by atoms with Gasteiger partial charge < -0.3 is 5.73 Å². The standard InChI is InChI=1S/C13H18F2N2O2S.ClH/c14-10-6-3-7-11(15)13(10)20(18,19)17-12(8-16)9-4-1-2-5-9;/h3,6-7,9,12,17H,1-2,4-5,8,16H2;1H. The average molecular weight is 341 g/mol. The van der Waals surface area contributed by atoms with E-state index in [1.165, 1.54) is 0 Å². The summed E-state index contributed by atoms with van der Waals surface area (Å²) in [6.07, 6.45) is 3.81. The summed E-state index contributed by atoms with van der Waals surface area (Å²) >= 11 is 0. The van der Waals surface area contributed by atoms with Gasteiger partial charge in [0, 0.05) is 12.6 Å². The molecule has 0 bridgehead atoms. The molecule has 0 amide bonds. The van der Waals surface area contributed by atoms with Crippen molar-refractivity contribution in [3.8, 4) is 0 Å². The van der Waals surface area contributed by atoms with Crippen LogP contribution in [0.2, 0.25) is 0 Å². The topological polar surface area (TPSA) is 72.2 Å². The van der Waals surface area contributed by atoms with E-state index in [9.17, 15) is 17.2 Å². The molecule has 3 N–H and O–H groups in total. The molecule has 1 aliphatic carbocycles. The molecule has 1 atom stereocenters. The van der Waals surface area contributed by atoms with E-state index in [2.05, 4.69) is 4.72 Å². The van der Waals surface area contributed by atoms with Gasteiger partial charge in [0.1, 0.15) is 11.6 Å². The van der Waals surface area contributed by atoms with Crippen LogP contribution in [-0.4, -0.2) is 21.0 Å². The van der Waals surface area contributed by atoms with Crippen LogP contribution < -0.4 is 10.5 Å². The zero-order valence-electron chi connectivity index (χ0n) is 11.4. The van der Waals surface area contributed by atoms with E-state index >= 15 is 0 Å². The molecule has 1 saturated carbocycles. The fraction of sp³-hybridized carbons (Fsp3) is 0.538. The third-order valence-corrected chi connectivity index (χ3v) is 5.26. The van der Waals surface area contributed by atoms with Gasteiger partial charge in [-0.1, -0.05) is 18.9 Å². The summed E-state index contributed by atoms with van der Waals surface area (Å²) in [5.41, 5.74) is 5.60. The lowest BCUT2D eigenvalue weighted by Crippen LogP contribution is -2.44. The van der Waals surface area contributed by atoms with Crippen molar-refractivity contribution in [3.63, 3.8) is 0 Å². The molecular weight excluding hydrogens is 322 g/mol. The van der Waals surface area contributed by atoms with Gasteiger partial charge in [-0.25, -0.2) is 21.9 Å². The van der Waals surface area contributed by atoms with E-state index in [-0.39, 0.29) is 24.9 Å². The molecule has 1 fully saturated rings. The minimum Gasteiger partial charge on any atom is -0.329 e. The molecule has 0 spiro atoms. The van der Waals surface area contributed by atoms with Gasteiger partial charge in [-0.3, -0.25) is 0 Å². The Labute approximate surface area is 129 Å². The molecule has 0 aromatic heterocycles. The van der Waals surface area contributed by atoms with Crippen LogP contribution in [0.3, 0.4) is 0 Å². The van der Waals surface area contributed by atoms with Crippen molar-refractivity contribution >= 4 is 22.4 Å². The van der Waals surface area contributed by atoms with Gasteiger partial charge in [0.05, 0.1) is 0 Å². The van der Waals surface area contributed by atoms with Gasteiger partial charge in [0.25, 0.3) is 0 Å². The Morgan fingerprint density at radius 2 is 1.76 bits per heavy atom. The molecule has 0 heterocycles. The molecule has 4 nitrogen and oxygen atoms in total. The Bertz CT molecular complexity index is 557. The van der Waals surface area contributed by atoms with E-state index in [1.54, 1.807) is 0 Å². The van der Waals surface area contributed by atoms with Gasteiger partial charge in [0.15, 0.2) is 4.90 Å². The normalized spacial score (nSPS) is 17.5. The summed E-state index contributed by atoms with van der Waals surface area (Å²) in [5, 5.41) is 0. The van der Waals surface area contributed by atoms with E-state index in [1.807, 2.05) is 0 Å². The second-order valence-corrected chi connectivity index (χ2v) is 6.71. The largest absolute Gasteiger partial charge is 0.329 e. The Hall–Kier alpha value is -0.760. The molecule has 0 radical (unpaired) electrons. The molecule has 120 valence electrons. The lowest BCUT2D eigenvalue weighted by molar-refractivity contribution is 0.403. The van der Waals surface area contributed by atoms with E-state index in [0.29, 0.717) is 0 Å². The van der Waals surface area contributed by atoms with E-state index in [0.717, 1.165) is 43.9 Å². The lowest BCUT2D eigenvalue weighted by atomic mass is 9.99. The highest BCUT2D eigenvalue weighted by atomic mass is 35.5. The molecular formula is C13H19ClF2N2O2S. The zero-order valence-corrected chi connectivity index (χ0v) is 13.0. The van der Waals surface area contributed by atoms with Gasteiger partial charge in [-0.05, 0) is 30.9 Å². The maximum absolute atomic E-state index is 13.6. The molecule has 2 rings (SSSR count). The Balaban J connectivity index is 0.00000220. The maximum atomic E-state index is 13.6. The summed E-state index contributed by atoms with van der Waals surface area (Å²) < 4.78 is 53.8. The third-order valence-electron chi connectivity index (χ3n) is 3.72. The van der Waals surface area contributed by atoms with Crippen LogP contribution in [0.4, 0.5) is 8.78 Å². The Morgan fingerprint density at radius 1 is 1.24 bits per heavy atom. The number of nitrogens with two attached hydrogens (primary N) is 1. The highest BCUT2D eigenvalue weighted by Crippen LogP contribution is 2.28. The predicted octanol–water partition coefficient (Wildman–Crippen LogP) is 2.18. The fourth-order valence-electron chi connectivity index (χ4n) is 2.69. The van der Waals surface area contributed by atoms with Crippen LogP contribution in [0, 0.1) is 17.6 Å². The van der Waals surface area contributed by atoms with Crippen LogP contribution in [0.1, 0.15) is 25.7 Å². The SMILES string of the molecule is Cl.NCC(NS(=O)(=O)c1c(F)cccc1F)C1CCCC1. The Morgan fingerprint density at radius 3 is 2.24 bits per heavy atom. The minimum absolute atomic E-state index is 0. The second kappa shape index (κ2) is 7.49. The van der Waals surface area contributed by atoms with Crippen LogP contribution in [-0.2, 0) is 10.0 Å². The molecule has 0 aliphatic heterocycles. The highest BCUT2D eigenvalue weighted by molar-refractivity contribution is 7.89. The summed E-state index contributed by atoms with van der Waals surface area (Å²) in [4.78, 5) is -0.934. The van der Waals surface area contributed by atoms with Gasteiger partial charge in [-0.2, -0.15) is 0 Å². The smallest absolute Gasteiger partial charge is 0.246 e. The van der Waals surface area contributed by atoms with Crippen molar-refractivity contribution in [2.45, 2.75) is 36.6 Å². The summed E-state index contributed by atoms with van der Waals surface area (Å²) in [5.74, 6) is -2.07. The number of hydrogen-bond acceptors (Lipinski definition) is 3. The first kappa shape index (κ1) is 18.3. The quantitative estimate of drug-likeness (QED) is 0.863. The first-order chi connectivity index (χ1) is 9.45. The summed E-state index contributed by atoms with van der Waals surface area (Å²) in [6.45, 7) is 0.111. The maximum Gasteiger partial charge on any atom is 0.246 e. The van der Waals surface area contributed by atoms with E-state index in [4.69, 9.17) is 5.73 Å². The fourth-order valence-corrected chi connectivity index (χ4v) is 4.15. The number of sulfonamides is 1. The lowest BCUT2D eigenvalue weighted by Gasteiger charge is -2.23. The molecule has 1 aromatic carbocycles. The number of nitrogens with one attached hydrogen (secondary N) is 1. The monoisotopic (exact) mass is 340 g/mol. The first-order valence-corrected chi connectivity index (χ1v) is 8.10. The third kappa shape index (κ3) is 4.12. The summed E-state index contributed by atoms with van der Waals surface area (Å²) in [6, 6.07) is 2.48. The molecule has 1 unspecified atom stereocenters. The second-order valence-electron chi connectivity index (χ2n) is 5.06. The van der Waals surface area contributed by atoms with Gasteiger partial charge in [-0.15, -0.1) is 12.4 Å². The van der Waals surface area contributed by atoms with Crippen LogP contribution in [0.5, 0.6) is 0 Å². The zero-order chi connectivity index (χ0) is 14.8. The van der Waals surface area contributed by atoms with Crippen molar-refractivity contribution in [3.05, 3.63) is 29.8 Å². The van der Waals surface area contributed by atoms with Crippen molar-refractivity contribution in [2.75, 3.05) is 6.54 Å². The van der Waals surface area contributed by atoms with E-state index < -0.39 is 32.6 Å². The molecule has 0 saturated heterocycles. The number of benzene rings is 1. The number of rotatable bonds is 5. The number of halogens is 3. The average Bonchev–Trinajstić information content (AvgIpc) is 2.89. The van der Waals surface area contributed by atoms with Gasteiger partial charge >= 0.3 is 0 Å². The highest BCUT2D eigenvalue weighted by Gasteiger charge is 2.31.